The number of anilines is 1. The van der Waals surface area contributed by atoms with Crippen LogP contribution in [0.1, 0.15) is 31.4 Å². The van der Waals surface area contributed by atoms with Crippen molar-refractivity contribution in [2.45, 2.75) is 37.6 Å². The second-order valence-corrected chi connectivity index (χ2v) is 4.32. The van der Waals surface area contributed by atoms with Crippen molar-refractivity contribution in [1.82, 2.24) is 9.97 Å². The Balaban J connectivity index is 2.07. The third-order valence-electron chi connectivity index (χ3n) is 3.06. The molecule has 1 aromatic rings. The molecular weight excluding hydrogens is 210 g/mol. The monoisotopic (exact) mass is 225 g/mol. The molecule has 0 bridgehead atoms. The van der Waals surface area contributed by atoms with Crippen LogP contribution in [-0.4, -0.2) is 23.1 Å². The first-order chi connectivity index (χ1) is 7.31. The highest BCUT2D eigenvalue weighted by atomic mass is 35.5. The van der Waals surface area contributed by atoms with Crippen LogP contribution in [0.15, 0.2) is 12.4 Å². The standard InChI is InChI=1S/C11H16ClN3/c1-15(10-4-2-3-5-10)11-8-13-9(6-12)7-14-11/h7-8,10H,2-6H2,1H3. The van der Waals surface area contributed by atoms with Gasteiger partial charge in [0.15, 0.2) is 0 Å². The lowest BCUT2D eigenvalue weighted by Gasteiger charge is -2.24. The molecular formula is C11H16ClN3. The van der Waals surface area contributed by atoms with Gasteiger partial charge in [-0.1, -0.05) is 12.8 Å². The SMILES string of the molecule is CN(c1cnc(CCl)cn1)C1CCCC1. The summed E-state index contributed by atoms with van der Waals surface area (Å²) in [5.74, 6) is 1.39. The summed E-state index contributed by atoms with van der Waals surface area (Å²) in [6.07, 6.45) is 8.79. The first kappa shape index (κ1) is 10.7. The summed E-state index contributed by atoms with van der Waals surface area (Å²) in [5.41, 5.74) is 0.834. The van der Waals surface area contributed by atoms with E-state index in [9.17, 15) is 0 Å². The van der Waals surface area contributed by atoms with E-state index in [0.717, 1.165) is 11.5 Å². The van der Waals surface area contributed by atoms with E-state index in [2.05, 4.69) is 21.9 Å². The Labute approximate surface area is 95.5 Å². The summed E-state index contributed by atoms with van der Waals surface area (Å²) in [4.78, 5) is 10.9. The van der Waals surface area contributed by atoms with Crippen molar-refractivity contribution >= 4 is 17.4 Å². The molecule has 0 atom stereocenters. The third-order valence-corrected chi connectivity index (χ3v) is 3.34. The van der Waals surface area contributed by atoms with Crippen LogP contribution >= 0.6 is 11.6 Å². The van der Waals surface area contributed by atoms with E-state index in [-0.39, 0.29) is 0 Å². The lowest BCUT2D eigenvalue weighted by atomic mass is 10.2. The number of halogens is 1. The van der Waals surface area contributed by atoms with Gasteiger partial charge >= 0.3 is 0 Å². The van der Waals surface area contributed by atoms with Crippen LogP contribution in [0, 0.1) is 0 Å². The molecule has 4 heteroatoms. The molecule has 2 rings (SSSR count). The van der Waals surface area contributed by atoms with Crippen molar-refractivity contribution in [3.63, 3.8) is 0 Å². The number of alkyl halides is 1. The fraction of sp³-hybridized carbons (Fsp3) is 0.636. The highest BCUT2D eigenvalue weighted by molar-refractivity contribution is 6.16. The van der Waals surface area contributed by atoms with Gasteiger partial charge in [-0.05, 0) is 12.8 Å². The zero-order valence-corrected chi connectivity index (χ0v) is 9.74. The molecule has 0 N–H and O–H groups in total. The highest BCUT2D eigenvalue weighted by Crippen LogP contribution is 2.25. The lowest BCUT2D eigenvalue weighted by Crippen LogP contribution is -2.29. The Morgan fingerprint density at radius 2 is 2.07 bits per heavy atom. The van der Waals surface area contributed by atoms with E-state index in [4.69, 9.17) is 11.6 Å². The summed E-state index contributed by atoms with van der Waals surface area (Å²) in [6.45, 7) is 0. The van der Waals surface area contributed by atoms with Crippen LogP contribution in [0.4, 0.5) is 5.82 Å². The summed E-state index contributed by atoms with van der Waals surface area (Å²) in [5, 5.41) is 0. The zero-order chi connectivity index (χ0) is 10.7. The molecule has 15 heavy (non-hydrogen) atoms. The van der Waals surface area contributed by atoms with E-state index >= 15 is 0 Å². The molecule has 0 spiro atoms. The third kappa shape index (κ3) is 2.40. The number of rotatable bonds is 3. The zero-order valence-electron chi connectivity index (χ0n) is 8.99. The summed E-state index contributed by atoms with van der Waals surface area (Å²) in [6, 6.07) is 0.640. The predicted molar refractivity (Wildman–Crippen MR) is 62.2 cm³/mol. The molecule has 0 aliphatic heterocycles. The van der Waals surface area contributed by atoms with Crippen molar-refractivity contribution in [3.8, 4) is 0 Å². The minimum Gasteiger partial charge on any atom is -0.355 e. The van der Waals surface area contributed by atoms with Crippen molar-refractivity contribution in [3.05, 3.63) is 18.1 Å². The first-order valence-corrected chi connectivity index (χ1v) is 5.94. The van der Waals surface area contributed by atoms with Gasteiger partial charge in [-0.25, -0.2) is 4.98 Å². The Hall–Kier alpha value is -0.830. The second kappa shape index (κ2) is 4.79. The minimum atomic E-state index is 0.431. The molecule has 0 unspecified atom stereocenters. The van der Waals surface area contributed by atoms with Gasteiger partial charge in [-0.3, -0.25) is 4.98 Å². The molecule has 0 radical (unpaired) electrons. The fourth-order valence-corrected chi connectivity index (χ4v) is 2.22. The molecule has 0 amide bonds. The largest absolute Gasteiger partial charge is 0.355 e. The maximum atomic E-state index is 5.67. The van der Waals surface area contributed by atoms with Gasteiger partial charge in [0, 0.05) is 13.1 Å². The van der Waals surface area contributed by atoms with Crippen molar-refractivity contribution in [2.75, 3.05) is 11.9 Å². The summed E-state index contributed by atoms with van der Waals surface area (Å²) < 4.78 is 0. The molecule has 1 saturated carbocycles. The van der Waals surface area contributed by atoms with E-state index in [1.165, 1.54) is 25.7 Å². The molecule has 1 heterocycles. The Kier molecular flexibility index (Phi) is 3.41. The van der Waals surface area contributed by atoms with Crippen LogP contribution < -0.4 is 4.90 Å². The van der Waals surface area contributed by atoms with Crippen molar-refractivity contribution in [1.29, 1.82) is 0 Å². The van der Waals surface area contributed by atoms with E-state index in [1.54, 1.807) is 6.20 Å². The quantitative estimate of drug-likeness (QED) is 0.741. The fourth-order valence-electron chi connectivity index (χ4n) is 2.08. The van der Waals surface area contributed by atoms with Gasteiger partial charge in [0.05, 0.1) is 24.0 Å². The van der Waals surface area contributed by atoms with Crippen LogP contribution in [0.5, 0.6) is 0 Å². The van der Waals surface area contributed by atoms with Gasteiger partial charge in [-0.15, -0.1) is 11.6 Å². The van der Waals surface area contributed by atoms with Crippen LogP contribution in [0.25, 0.3) is 0 Å². The maximum Gasteiger partial charge on any atom is 0.147 e. The normalized spacial score (nSPS) is 16.9. The number of nitrogens with zero attached hydrogens (tertiary/aromatic N) is 3. The molecule has 82 valence electrons. The molecule has 0 aromatic carbocycles. The van der Waals surface area contributed by atoms with Gasteiger partial charge in [0.2, 0.25) is 0 Å². The average molecular weight is 226 g/mol. The minimum absolute atomic E-state index is 0.431. The van der Waals surface area contributed by atoms with E-state index < -0.39 is 0 Å². The topological polar surface area (TPSA) is 29.0 Å². The average Bonchev–Trinajstić information content (AvgIpc) is 2.82. The van der Waals surface area contributed by atoms with E-state index in [0.29, 0.717) is 11.9 Å². The predicted octanol–water partition coefficient (Wildman–Crippen LogP) is 2.59. The van der Waals surface area contributed by atoms with Crippen LogP contribution in [0.3, 0.4) is 0 Å². The van der Waals surface area contributed by atoms with E-state index in [1.807, 2.05) is 6.20 Å². The van der Waals surface area contributed by atoms with Gasteiger partial charge in [0.25, 0.3) is 0 Å². The smallest absolute Gasteiger partial charge is 0.147 e. The van der Waals surface area contributed by atoms with Crippen molar-refractivity contribution < 1.29 is 0 Å². The lowest BCUT2D eigenvalue weighted by molar-refractivity contribution is 0.645. The Morgan fingerprint density at radius 3 is 2.60 bits per heavy atom. The Morgan fingerprint density at radius 1 is 1.33 bits per heavy atom. The van der Waals surface area contributed by atoms with Gasteiger partial charge in [-0.2, -0.15) is 0 Å². The number of hydrogen-bond donors (Lipinski definition) is 0. The van der Waals surface area contributed by atoms with Crippen LogP contribution in [0.2, 0.25) is 0 Å². The van der Waals surface area contributed by atoms with Gasteiger partial charge in [0.1, 0.15) is 5.82 Å². The second-order valence-electron chi connectivity index (χ2n) is 4.05. The summed E-state index contributed by atoms with van der Waals surface area (Å²) in [7, 11) is 2.10. The Bertz CT molecular complexity index is 306. The number of hydrogen-bond acceptors (Lipinski definition) is 3. The molecule has 3 nitrogen and oxygen atoms in total. The maximum absolute atomic E-state index is 5.67. The molecule has 1 fully saturated rings. The summed E-state index contributed by atoms with van der Waals surface area (Å²) >= 11 is 5.67. The first-order valence-electron chi connectivity index (χ1n) is 5.41. The van der Waals surface area contributed by atoms with Gasteiger partial charge < -0.3 is 4.90 Å². The molecule has 1 aliphatic carbocycles. The molecule has 0 saturated heterocycles. The molecule has 1 aliphatic rings. The van der Waals surface area contributed by atoms with Crippen LogP contribution in [-0.2, 0) is 5.88 Å². The van der Waals surface area contributed by atoms with Crippen molar-refractivity contribution in [2.24, 2.45) is 0 Å². The molecule has 1 aromatic heterocycles. The highest BCUT2D eigenvalue weighted by Gasteiger charge is 2.20. The number of aromatic nitrogens is 2.